The van der Waals surface area contributed by atoms with Crippen LogP contribution in [0.5, 0.6) is 0 Å². The molecule has 0 bridgehead atoms. The lowest BCUT2D eigenvalue weighted by molar-refractivity contribution is -0.137. The largest absolute Gasteiger partial charge is 0.416 e. The summed E-state index contributed by atoms with van der Waals surface area (Å²) in [7, 11) is 0. The minimum Gasteiger partial charge on any atom is -0.339 e. The van der Waals surface area contributed by atoms with Gasteiger partial charge in [0.2, 0.25) is 0 Å². The van der Waals surface area contributed by atoms with E-state index >= 15 is 0 Å². The minimum absolute atomic E-state index is 0.474. The molecule has 32 heavy (non-hydrogen) atoms. The molecule has 0 radical (unpaired) electrons. The second-order valence-electron chi connectivity index (χ2n) is 6.96. The van der Waals surface area contributed by atoms with Crippen LogP contribution in [0.15, 0.2) is 78.6 Å². The van der Waals surface area contributed by atoms with Crippen LogP contribution in [-0.2, 0) is 6.18 Å². The van der Waals surface area contributed by atoms with Crippen molar-refractivity contribution in [2.24, 2.45) is 0 Å². The highest BCUT2D eigenvalue weighted by Gasteiger charge is 2.30. The van der Waals surface area contributed by atoms with Gasteiger partial charge in [0.05, 0.1) is 21.3 Å². The first kappa shape index (κ1) is 20.1. The van der Waals surface area contributed by atoms with Crippen LogP contribution >= 0.6 is 11.3 Å². The number of pyridine rings is 1. The highest BCUT2D eigenvalue weighted by Crippen LogP contribution is 2.35. The van der Waals surface area contributed by atoms with Crippen molar-refractivity contribution in [1.82, 2.24) is 20.2 Å². The van der Waals surface area contributed by atoms with Crippen LogP contribution in [0.25, 0.3) is 32.6 Å². The van der Waals surface area contributed by atoms with E-state index in [-0.39, 0.29) is 0 Å². The SMILES string of the molecule is FC(F)(F)c1ccc(-c2cc(Nc3ccc4ncsc4c3)nnc2-c2ccncc2)cc1. The summed E-state index contributed by atoms with van der Waals surface area (Å²) >= 11 is 1.53. The molecule has 9 heteroatoms. The molecule has 0 aliphatic heterocycles. The average molecular weight is 449 g/mol. The van der Waals surface area contributed by atoms with Gasteiger partial charge in [-0.3, -0.25) is 4.98 Å². The van der Waals surface area contributed by atoms with Crippen molar-refractivity contribution in [3.63, 3.8) is 0 Å². The number of hydrogen-bond donors (Lipinski definition) is 1. The van der Waals surface area contributed by atoms with Gasteiger partial charge in [-0.1, -0.05) is 12.1 Å². The van der Waals surface area contributed by atoms with Crippen molar-refractivity contribution in [3.8, 4) is 22.4 Å². The number of nitrogens with zero attached hydrogens (tertiary/aromatic N) is 4. The van der Waals surface area contributed by atoms with Gasteiger partial charge in [-0.2, -0.15) is 13.2 Å². The van der Waals surface area contributed by atoms with Crippen molar-refractivity contribution in [2.45, 2.75) is 6.18 Å². The molecule has 0 atom stereocenters. The maximum absolute atomic E-state index is 13.0. The summed E-state index contributed by atoms with van der Waals surface area (Å²) < 4.78 is 40.1. The Morgan fingerprint density at radius 1 is 0.812 bits per heavy atom. The number of rotatable bonds is 4. The quantitative estimate of drug-likeness (QED) is 0.336. The van der Waals surface area contributed by atoms with Crippen LogP contribution in [0, 0.1) is 0 Å². The van der Waals surface area contributed by atoms with E-state index in [2.05, 4.69) is 25.5 Å². The molecule has 0 aliphatic rings. The molecule has 2 aromatic carbocycles. The molecule has 0 aliphatic carbocycles. The second-order valence-corrected chi connectivity index (χ2v) is 7.85. The van der Waals surface area contributed by atoms with E-state index in [1.165, 1.54) is 23.5 Å². The van der Waals surface area contributed by atoms with E-state index in [0.717, 1.165) is 33.6 Å². The summed E-state index contributed by atoms with van der Waals surface area (Å²) in [6, 6.07) is 16.1. The first-order valence-electron chi connectivity index (χ1n) is 9.53. The standard InChI is InChI=1S/C23H14F3N5S/c24-23(25,26)16-3-1-14(2-4-16)18-12-21(30-31-22(18)15-7-9-27-10-8-15)29-17-5-6-19-20(11-17)32-13-28-19/h1-13H,(H,29,30). The van der Waals surface area contributed by atoms with Crippen molar-refractivity contribution in [3.05, 3.63) is 84.1 Å². The monoisotopic (exact) mass is 449 g/mol. The molecule has 0 spiro atoms. The number of aromatic nitrogens is 4. The van der Waals surface area contributed by atoms with Gasteiger partial charge < -0.3 is 5.32 Å². The molecule has 3 aromatic heterocycles. The van der Waals surface area contributed by atoms with E-state index in [0.29, 0.717) is 22.6 Å². The molecule has 5 nitrogen and oxygen atoms in total. The molecular formula is C23H14F3N5S. The van der Waals surface area contributed by atoms with E-state index in [1.807, 2.05) is 18.2 Å². The molecule has 5 rings (SSSR count). The number of thiazole rings is 1. The number of halogens is 3. The number of fused-ring (bicyclic) bond motifs is 1. The summed E-state index contributed by atoms with van der Waals surface area (Å²) in [5.41, 5.74) is 5.36. The molecule has 5 aromatic rings. The third kappa shape index (κ3) is 4.02. The predicted octanol–water partition coefficient (Wildman–Crippen LogP) is 6.58. The molecule has 158 valence electrons. The first-order chi connectivity index (χ1) is 15.5. The average Bonchev–Trinajstić information content (AvgIpc) is 3.27. The molecule has 0 amide bonds. The van der Waals surface area contributed by atoms with Crippen molar-refractivity contribution >= 4 is 33.1 Å². The van der Waals surface area contributed by atoms with Gasteiger partial charge in [-0.15, -0.1) is 21.5 Å². The number of alkyl halides is 3. The Morgan fingerprint density at radius 3 is 2.34 bits per heavy atom. The van der Waals surface area contributed by atoms with Crippen LogP contribution in [0.2, 0.25) is 0 Å². The molecular weight excluding hydrogens is 435 g/mol. The minimum atomic E-state index is -4.40. The Morgan fingerprint density at radius 2 is 1.59 bits per heavy atom. The summed E-state index contributed by atoms with van der Waals surface area (Å²) in [6.07, 6.45) is -1.14. The van der Waals surface area contributed by atoms with E-state index in [9.17, 15) is 13.2 Å². The van der Waals surface area contributed by atoms with Gasteiger partial charge >= 0.3 is 6.18 Å². The van der Waals surface area contributed by atoms with Gasteiger partial charge in [-0.05, 0) is 54.1 Å². The summed E-state index contributed by atoms with van der Waals surface area (Å²) in [4.78, 5) is 8.28. The summed E-state index contributed by atoms with van der Waals surface area (Å²) in [6.45, 7) is 0. The lowest BCUT2D eigenvalue weighted by atomic mass is 9.99. The maximum Gasteiger partial charge on any atom is 0.416 e. The first-order valence-corrected chi connectivity index (χ1v) is 10.4. The Balaban J connectivity index is 1.57. The number of benzene rings is 2. The van der Waals surface area contributed by atoms with Crippen molar-refractivity contribution < 1.29 is 13.2 Å². The molecule has 1 N–H and O–H groups in total. The number of nitrogens with one attached hydrogen (secondary N) is 1. The summed E-state index contributed by atoms with van der Waals surface area (Å²) in [5.74, 6) is 0.474. The third-order valence-corrected chi connectivity index (χ3v) is 5.67. The lowest BCUT2D eigenvalue weighted by Crippen LogP contribution is -2.04. The van der Waals surface area contributed by atoms with Crippen LogP contribution in [-0.4, -0.2) is 20.2 Å². The Labute approximate surface area is 184 Å². The van der Waals surface area contributed by atoms with Gasteiger partial charge in [0.1, 0.15) is 5.69 Å². The zero-order chi connectivity index (χ0) is 22.1. The Kier molecular flexibility index (Phi) is 5.02. The summed E-state index contributed by atoms with van der Waals surface area (Å²) in [5, 5.41) is 11.9. The second kappa shape index (κ2) is 8.01. The van der Waals surface area contributed by atoms with Crippen LogP contribution in [0.1, 0.15) is 5.56 Å². The zero-order valence-corrected chi connectivity index (χ0v) is 17.2. The molecule has 0 saturated heterocycles. The Bertz CT molecular complexity index is 1380. The van der Waals surface area contributed by atoms with E-state index < -0.39 is 11.7 Å². The van der Waals surface area contributed by atoms with Crippen LogP contribution < -0.4 is 5.32 Å². The fraction of sp³-hybridized carbons (Fsp3) is 0.0435. The number of hydrogen-bond acceptors (Lipinski definition) is 6. The highest BCUT2D eigenvalue weighted by molar-refractivity contribution is 7.16. The fourth-order valence-electron chi connectivity index (χ4n) is 3.32. The number of anilines is 2. The molecule has 0 unspecified atom stereocenters. The molecule has 0 saturated carbocycles. The molecule has 0 fully saturated rings. The zero-order valence-electron chi connectivity index (χ0n) is 16.3. The van der Waals surface area contributed by atoms with Crippen LogP contribution in [0.3, 0.4) is 0 Å². The van der Waals surface area contributed by atoms with Gasteiger partial charge in [0.25, 0.3) is 0 Å². The van der Waals surface area contributed by atoms with E-state index in [4.69, 9.17) is 0 Å². The smallest absolute Gasteiger partial charge is 0.339 e. The third-order valence-electron chi connectivity index (χ3n) is 4.87. The highest BCUT2D eigenvalue weighted by atomic mass is 32.1. The van der Waals surface area contributed by atoms with Gasteiger partial charge in [-0.25, -0.2) is 4.98 Å². The van der Waals surface area contributed by atoms with Gasteiger partial charge in [0, 0.05) is 29.2 Å². The Hall–Kier alpha value is -3.85. The predicted molar refractivity (Wildman–Crippen MR) is 119 cm³/mol. The fourth-order valence-corrected chi connectivity index (χ4v) is 4.03. The van der Waals surface area contributed by atoms with Crippen LogP contribution in [0.4, 0.5) is 24.7 Å². The molecule has 3 heterocycles. The van der Waals surface area contributed by atoms with E-state index in [1.54, 1.807) is 36.1 Å². The maximum atomic E-state index is 13.0. The lowest BCUT2D eigenvalue weighted by Gasteiger charge is -2.13. The topological polar surface area (TPSA) is 63.6 Å². The van der Waals surface area contributed by atoms with Crippen molar-refractivity contribution in [2.75, 3.05) is 5.32 Å². The van der Waals surface area contributed by atoms with Gasteiger partial charge in [0.15, 0.2) is 5.82 Å². The normalized spacial score (nSPS) is 11.6. The van der Waals surface area contributed by atoms with Crippen molar-refractivity contribution in [1.29, 1.82) is 0 Å².